The van der Waals surface area contributed by atoms with Gasteiger partial charge in [-0.05, 0) is 29.7 Å². The molecule has 10 heteroatoms. The summed E-state index contributed by atoms with van der Waals surface area (Å²) in [6.45, 7) is 0. The monoisotopic (exact) mass is 504 g/mol. The van der Waals surface area contributed by atoms with Gasteiger partial charge in [-0.25, -0.2) is 0 Å². The Kier molecular flexibility index (Phi) is 7.51. The number of nitrogens with zero attached hydrogens (tertiary/aromatic N) is 2. The van der Waals surface area contributed by atoms with Crippen molar-refractivity contribution in [2.75, 3.05) is 0 Å². The molecule has 0 fully saturated rings. The summed E-state index contributed by atoms with van der Waals surface area (Å²) >= 11 is 0. The molecule has 0 saturated heterocycles. The van der Waals surface area contributed by atoms with Gasteiger partial charge in [0.2, 0.25) is 11.8 Å². The maximum atomic E-state index is 13.0. The molecule has 6 N–H and O–H groups in total. The third kappa shape index (κ3) is 5.45. The van der Waals surface area contributed by atoms with Crippen LogP contribution in [0.1, 0.15) is 40.0 Å². The lowest BCUT2D eigenvalue weighted by Gasteiger charge is -2.06. The Hall–Kier alpha value is -4.28. The third-order valence-electron chi connectivity index (χ3n) is 6.42. The average Bonchev–Trinajstić information content (AvgIpc) is 3.43. The first-order valence-electron chi connectivity index (χ1n) is 11.9. The SMILES string of the molecule is NC(Cc1cn(C(=O)CCCC(=O)n2cc(CC(N)C(=O)O)c3ccccc32)c2ccccc12)C(=O)O. The first kappa shape index (κ1) is 25.8. The van der Waals surface area contributed by atoms with E-state index in [2.05, 4.69) is 0 Å². The largest absolute Gasteiger partial charge is 0.480 e. The van der Waals surface area contributed by atoms with Gasteiger partial charge < -0.3 is 21.7 Å². The van der Waals surface area contributed by atoms with E-state index in [0.717, 1.165) is 10.8 Å². The Bertz CT molecular complexity index is 1390. The van der Waals surface area contributed by atoms with Crippen LogP contribution in [0.15, 0.2) is 60.9 Å². The number of carbonyl (C=O) groups excluding carboxylic acids is 2. The highest BCUT2D eigenvalue weighted by Gasteiger charge is 2.20. The summed E-state index contributed by atoms with van der Waals surface area (Å²) in [6.07, 6.45) is 3.91. The number of benzene rings is 2. The summed E-state index contributed by atoms with van der Waals surface area (Å²) in [5.74, 6) is -2.67. The highest BCUT2D eigenvalue weighted by molar-refractivity contribution is 5.96. The van der Waals surface area contributed by atoms with E-state index in [4.69, 9.17) is 21.7 Å². The fourth-order valence-corrected chi connectivity index (χ4v) is 4.52. The van der Waals surface area contributed by atoms with Crippen molar-refractivity contribution < 1.29 is 29.4 Å². The summed E-state index contributed by atoms with van der Waals surface area (Å²) in [5, 5.41) is 19.8. The number of aromatic nitrogens is 2. The Labute approximate surface area is 212 Å². The van der Waals surface area contributed by atoms with Crippen molar-refractivity contribution >= 4 is 45.6 Å². The Morgan fingerprint density at radius 2 is 1.05 bits per heavy atom. The van der Waals surface area contributed by atoms with Gasteiger partial charge in [-0.15, -0.1) is 0 Å². The van der Waals surface area contributed by atoms with Crippen molar-refractivity contribution in [2.45, 2.75) is 44.2 Å². The van der Waals surface area contributed by atoms with E-state index in [0.29, 0.717) is 28.6 Å². The molecule has 0 spiro atoms. The van der Waals surface area contributed by atoms with Crippen LogP contribution < -0.4 is 11.5 Å². The fourth-order valence-electron chi connectivity index (χ4n) is 4.52. The number of hydrogen-bond acceptors (Lipinski definition) is 6. The highest BCUT2D eigenvalue weighted by atomic mass is 16.4. The third-order valence-corrected chi connectivity index (χ3v) is 6.42. The van der Waals surface area contributed by atoms with E-state index in [9.17, 15) is 19.2 Å². The molecule has 0 bridgehead atoms. The van der Waals surface area contributed by atoms with E-state index in [1.807, 2.05) is 24.3 Å². The van der Waals surface area contributed by atoms with Gasteiger partial charge in [0.05, 0.1) is 11.0 Å². The van der Waals surface area contributed by atoms with E-state index in [1.165, 1.54) is 9.13 Å². The van der Waals surface area contributed by atoms with Crippen LogP contribution in [0.3, 0.4) is 0 Å². The second-order valence-corrected chi connectivity index (χ2v) is 9.02. The first-order chi connectivity index (χ1) is 17.7. The van der Waals surface area contributed by atoms with Crippen molar-refractivity contribution in [1.29, 1.82) is 0 Å². The minimum Gasteiger partial charge on any atom is -0.480 e. The number of carboxylic acids is 2. The minimum absolute atomic E-state index is 0.0865. The van der Waals surface area contributed by atoms with Crippen LogP contribution in [0.2, 0.25) is 0 Å². The maximum Gasteiger partial charge on any atom is 0.320 e. The number of para-hydroxylation sites is 2. The van der Waals surface area contributed by atoms with Crippen LogP contribution in [0.4, 0.5) is 0 Å². The van der Waals surface area contributed by atoms with Gasteiger partial charge in [0.25, 0.3) is 0 Å². The predicted molar refractivity (Wildman–Crippen MR) is 138 cm³/mol. The van der Waals surface area contributed by atoms with E-state index >= 15 is 0 Å². The Morgan fingerprint density at radius 3 is 1.43 bits per heavy atom. The lowest BCUT2D eigenvalue weighted by atomic mass is 10.1. The van der Waals surface area contributed by atoms with Gasteiger partial charge in [-0.1, -0.05) is 36.4 Å². The molecule has 37 heavy (non-hydrogen) atoms. The molecule has 2 aromatic heterocycles. The predicted octanol–water partition coefficient (Wildman–Crippen LogP) is 2.66. The molecule has 0 aliphatic heterocycles. The molecule has 2 atom stereocenters. The van der Waals surface area contributed by atoms with Crippen LogP contribution in [0.25, 0.3) is 21.8 Å². The fraction of sp³-hybridized carbons (Fsp3) is 0.259. The molecule has 4 rings (SSSR count). The highest BCUT2D eigenvalue weighted by Crippen LogP contribution is 2.25. The number of fused-ring (bicyclic) bond motifs is 2. The van der Waals surface area contributed by atoms with Crippen LogP contribution in [0, 0.1) is 0 Å². The van der Waals surface area contributed by atoms with Gasteiger partial charge in [0.15, 0.2) is 0 Å². The molecule has 0 amide bonds. The second kappa shape index (κ2) is 10.8. The van der Waals surface area contributed by atoms with Gasteiger partial charge >= 0.3 is 11.9 Å². The standard InChI is InChI=1S/C27H28N4O6/c28-20(26(34)35)12-16-14-30(22-8-3-1-6-18(16)22)24(32)10-5-11-25(33)31-15-17(13-21(29)27(36)37)19-7-2-4-9-23(19)31/h1-4,6-9,14-15,20-21H,5,10-13,28-29H2,(H,34,35)(H,36,37). The van der Waals surface area contributed by atoms with Crippen LogP contribution in [-0.4, -0.2) is 55.2 Å². The van der Waals surface area contributed by atoms with Crippen molar-refractivity contribution in [1.82, 2.24) is 9.13 Å². The molecule has 192 valence electrons. The first-order valence-corrected chi connectivity index (χ1v) is 11.9. The summed E-state index contributed by atoms with van der Waals surface area (Å²) in [6, 6.07) is 12.2. The van der Waals surface area contributed by atoms with Crippen LogP contribution >= 0.6 is 0 Å². The lowest BCUT2D eigenvalue weighted by molar-refractivity contribution is -0.139. The quantitative estimate of drug-likeness (QED) is 0.255. The summed E-state index contributed by atoms with van der Waals surface area (Å²) in [4.78, 5) is 48.5. The average molecular weight is 505 g/mol. The number of rotatable bonds is 10. The smallest absolute Gasteiger partial charge is 0.320 e. The molecule has 0 aliphatic rings. The summed E-state index contributed by atoms with van der Waals surface area (Å²) in [7, 11) is 0. The van der Waals surface area contributed by atoms with Crippen molar-refractivity contribution in [3.63, 3.8) is 0 Å². The van der Waals surface area contributed by atoms with Gasteiger partial charge in [0, 0.05) is 48.8 Å². The van der Waals surface area contributed by atoms with Gasteiger partial charge in [-0.2, -0.15) is 0 Å². The topological polar surface area (TPSA) is 171 Å². The zero-order valence-electron chi connectivity index (χ0n) is 20.0. The maximum absolute atomic E-state index is 13.0. The molecular weight excluding hydrogens is 476 g/mol. The van der Waals surface area contributed by atoms with E-state index in [1.54, 1.807) is 36.7 Å². The molecule has 2 heterocycles. The zero-order chi connectivity index (χ0) is 26.7. The Balaban J connectivity index is 1.47. The van der Waals surface area contributed by atoms with Crippen molar-refractivity contribution in [3.05, 3.63) is 72.1 Å². The Morgan fingerprint density at radius 1 is 0.676 bits per heavy atom. The lowest BCUT2D eigenvalue weighted by Crippen LogP contribution is -2.32. The van der Waals surface area contributed by atoms with E-state index in [-0.39, 0.29) is 37.5 Å². The molecule has 0 radical (unpaired) electrons. The summed E-state index contributed by atoms with van der Waals surface area (Å²) in [5.41, 5.74) is 14.1. The molecule has 2 unspecified atom stereocenters. The molecule has 0 saturated carbocycles. The van der Waals surface area contributed by atoms with Gasteiger partial charge in [0.1, 0.15) is 12.1 Å². The molecule has 0 aliphatic carbocycles. The second-order valence-electron chi connectivity index (χ2n) is 9.02. The number of carboxylic acid groups (broad SMARTS) is 2. The molecular formula is C27H28N4O6. The molecule has 2 aromatic carbocycles. The number of nitrogens with two attached hydrogens (primary N) is 2. The number of carbonyl (C=O) groups is 4. The van der Waals surface area contributed by atoms with Crippen LogP contribution in [0.5, 0.6) is 0 Å². The molecule has 10 nitrogen and oxygen atoms in total. The van der Waals surface area contributed by atoms with Crippen LogP contribution in [-0.2, 0) is 22.4 Å². The summed E-state index contributed by atoms with van der Waals surface area (Å²) < 4.78 is 2.97. The number of aliphatic carboxylic acids is 2. The van der Waals surface area contributed by atoms with E-state index < -0.39 is 24.0 Å². The normalized spacial score (nSPS) is 13.0. The van der Waals surface area contributed by atoms with Gasteiger partial charge in [-0.3, -0.25) is 28.3 Å². The van der Waals surface area contributed by atoms with Crippen molar-refractivity contribution in [3.8, 4) is 0 Å². The zero-order valence-corrected chi connectivity index (χ0v) is 20.0. The molecule has 4 aromatic rings. The van der Waals surface area contributed by atoms with Crippen molar-refractivity contribution in [2.24, 2.45) is 11.5 Å². The minimum atomic E-state index is -1.12. The number of hydrogen-bond donors (Lipinski definition) is 4.